The van der Waals surface area contributed by atoms with E-state index in [2.05, 4.69) is 11.8 Å². The lowest BCUT2D eigenvalue weighted by molar-refractivity contribution is 0.177. The summed E-state index contributed by atoms with van der Waals surface area (Å²) in [6, 6.07) is 8.25. The Morgan fingerprint density at radius 3 is 2.90 bits per heavy atom. The second kappa shape index (κ2) is 6.56. The molecule has 21 heavy (non-hydrogen) atoms. The summed E-state index contributed by atoms with van der Waals surface area (Å²) in [5, 5.41) is 8.85. The van der Waals surface area contributed by atoms with E-state index in [1.807, 2.05) is 6.07 Å². The van der Waals surface area contributed by atoms with E-state index in [4.69, 9.17) is 11.0 Å². The molecule has 0 aromatic heterocycles. The fourth-order valence-electron chi connectivity index (χ4n) is 2.50. The Labute approximate surface area is 126 Å². The van der Waals surface area contributed by atoms with Crippen molar-refractivity contribution in [3.63, 3.8) is 0 Å². The van der Waals surface area contributed by atoms with Crippen LogP contribution in [0.5, 0.6) is 0 Å². The molecule has 2 rings (SSSR count). The molecule has 1 heterocycles. The first-order valence-corrected chi connectivity index (χ1v) is 8.78. The first-order chi connectivity index (χ1) is 9.92. The summed E-state index contributed by atoms with van der Waals surface area (Å²) < 4.78 is 24.6. The predicted octanol–water partition coefficient (Wildman–Crippen LogP) is 1.00. The second-order valence-electron chi connectivity index (χ2n) is 5.69. The minimum absolute atomic E-state index is 0.0585. The molecule has 114 valence electrons. The van der Waals surface area contributed by atoms with Gasteiger partial charge in [0.25, 0.3) is 0 Å². The fraction of sp³-hybridized carbons (Fsp3) is 0.533. The van der Waals surface area contributed by atoms with Crippen LogP contribution in [0.25, 0.3) is 0 Å². The van der Waals surface area contributed by atoms with Gasteiger partial charge in [-0.05, 0) is 37.1 Å². The third-order valence-electron chi connectivity index (χ3n) is 4.10. The van der Waals surface area contributed by atoms with E-state index in [9.17, 15) is 8.42 Å². The fourth-order valence-corrected chi connectivity index (χ4v) is 3.83. The van der Waals surface area contributed by atoms with Crippen LogP contribution in [0.15, 0.2) is 29.2 Å². The van der Waals surface area contributed by atoms with E-state index in [1.165, 1.54) is 6.07 Å². The maximum Gasteiger partial charge on any atom is 0.179 e. The Kier molecular flexibility index (Phi) is 4.99. The van der Waals surface area contributed by atoms with Crippen LogP contribution in [0.3, 0.4) is 0 Å². The number of nitrogens with two attached hydrogens (primary N) is 1. The van der Waals surface area contributed by atoms with Crippen molar-refractivity contribution in [3.05, 3.63) is 29.8 Å². The Balaban J connectivity index is 2.00. The van der Waals surface area contributed by atoms with Crippen LogP contribution >= 0.6 is 0 Å². The topological polar surface area (TPSA) is 87.2 Å². The van der Waals surface area contributed by atoms with Gasteiger partial charge in [-0.2, -0.15) is 5.26 Å². The normalized spacial score (nSPS) is 23.7. The van der Waals surface area contributed by atoms with Gasteiger partial charge in [-0.25, -0.2) is 8.42 Å². The molecule has 2 unspecified atom stereocenters. The largest absolute Gasteiger partial charge is 0.326 e. The molecule has 0 amide bonds. The Morgan fingerprint density at radius 1 is 1.48 bits per heavy atom. The lowest BCUT2D eigenvalue weighted by atomic mass is 9.94. The van der Waals surface area contributed by atoms with Crippen LogP contribution in [0.4, 0.5) is 0 Å². The maximum atomic E-state index is 12.3. The molecule has 1 fully saturated rings. The number of nitrogens with zero attached hydrogens (tertiary/aromatic N) is 2. The van der Waals surface area contributed by atoms with Gasteiger partial charge in [0.05, 0.1) is 22.3 Å². The maximum absolute atomic E-state index is 12.3. The van der Waals surface area contributed by atoms with Gasteiger partial charge < -0.3 is 10.6 Å². The number of nitriles is 1. The molecule has 2 atom stereocenters. The van der Waals surface area contributed by atoms with Gasteiger partial charge in [0, 0.05) is 19.1 Å². The van der Waals surface area contributed by atoms with Gasteiger partial charge >= 0.3 is 0 Å². The number of sulfone groups is 1. The Bertz CT molecular complexity index is 637. The van der Waals surface area contributed by atoms with E-state index < -0.39 is 9.84 Å². The Morgan fingerprint density at radius 2 is 2.24 bits per heavy atom. The summed E-state index contributed by atoms with van der Waals surface area (Å²) >= 11 is 0. The monoisotopic (exact) mass is 307 g/mol. The number of rotatable bonds is 4. The van der Waals surface area contributed by atoms with Gasteiger partial charge in [-0.1, -0.05) is 13.0 Å². The smallest absolute Gasteiger partial charge is 0.179 e. The highest BCUT2D eigenvalue weighted by Crippen LogP contribution is 2.17. The standard InChI is InChI=1S/C15H21N3O2S/c1-12-5-6-18(11-15(12)17)7-8-21(19,20)14-4-2-3-13(9-14)10-16/h2-4,9,12,15H,5-8,11,17H2,1H3. The first kappa shape index (κ1) is 16.0. The molecule has 1 aromatic carbocycles. The average molecular weight is 307 g/mol. The van der Waals surface area contributed by atoms with Gasteiger partial charge in [0.1, 0.15) is 0 Å². The van der Waals surface area contributed by atoms with E-state index in [0.29, 0.717) is 18.0 Å². The quantitative estimate of drug-likeness (QED) is 0.896. The lowest BCUT2D eigenvalue weighted by Crippen LogP contribution is -2.48. The van der Waals surface area contributed by atoms with Crippen LogP contribution in [0.1, 0.15) is 18.9 Å². The zero-order valence-corrected chi connectivity index (χ0v) is 13.0. The molecule has 0 saturated carbocycles. The molecule has 6 heteroatoms. The summed E-state index contributed by atoms with van der Waals surface area (Å²) in [6.45, 7) is 4.25. The number of likely N-dealkylation sites (tertiary alicyclic amines) is 1. The highest BCUT2D eigenvalue weighted by molar-refractivity contribution is 7.91. The van der Waals surface area contributed by atoms with Crippen LogP contribution in [-0.2, 0) is 9.84 Å². The van der Waals surface area contributed by atoms with Crippen molar-refractivity contribution in [2.45, 2.75) is 24.3 Å². The predicted molar refractivity (Wildman–Crippen MR) is 81.4 cm³/mol. The van der Waals surface area contributed by atoms with Gasteiger partial charge in [0.2, 0.25) is 0 Å². The molecule has 1 saturated heterocycles. The minimum Gasteiger partial charge on any atom is -0.326 e. The summed E-state index contributed by atoms with van der Waals surface area (Å²) in [4.78, 5) is 2.33. The van der Waals surface area contributed by atoms with Crippen molar-refractivity contribution in [1.82, 2.24) is 4.90 Å². The summed E-state index contributed by atoms with van der Waals surface area (Å²) in [6.07, 6.45) is 1.01. The molecule has 0 radical (unpaired) electrons. The summed E-state index contributed by atoms with van der Waals surface area (Å²) in [5.41, 5.74) is 6.40. The Hall–Kier alpha value is -1.42. The number of hydrogen-bond donors (Lipinski definition) is 1. The average Bonchev–Trinajstić information content (AvgIpc) is 2.48. The van der Waals surface area contributed by atoms with Crippen molar-refractivity contribution in [3.8, 4) is 6.07 Å². The van der Waals surface area contributed by atoms with Crippen LogP contribution in [-0.4, -0.2) is 44.7 Å². The number of piperidine rings is 1. The third-order valence-corrected chi connectivity index (χ3v) is 5.79. The highest BCUT2D eigenvalue weighted by Gasteiger charge is 2.24. The van der Waals surface area contributed by atoms with Crippen LogP contribution < -0.4 is 5.73 Å². The van der Waals surface area contributed by atoms with Gasteiger partial charge in [0.15, 0.2) is 9.84 Å². The molecule has 1 aliphatic heterocycles. The third kappa shape index (κ3) is 4.03. The van der Waals surface area contributed by atoms with Crippen molar-refractivity contribution in [2.24, 2.45) is 11.7 Å². The zero-order valence-electron chi connectivity index (χ0n) is 12.2. The molecule has 1 aliphatic rings. The SMILES string of the molecule is CC1CCN(CCS(=O)(=O)c2cccc(C#N)c2)CC1N. The zero-order chi connectivity index (χ0) is 15.5. The molecular weight excluding hydrogens is 286 g/mol. The number of hydrogen-bond acceptors (Lipinski definition) is 5. The summed E-state index contributed by atoms with van der Waals surface area (Å²) in [7, 11) is -3.36. The molecular formula is C15H21N3O2S. The lowest BCUT2D eigenvalue weighted by Gasteiger charge is -2.34. The highest BCUT2D eigenvalue weighted by atomic mass is 32.2. The second-order valence-corrected chi connectivity index (χ2v) is 7.80. The molecule has 0 bridgehead atoms. The molecule has 0 aliphatic carbocycles. The molecule has 1 aromatic rings. The molecule has 2 N–H and O–H groups in total. The van der Waals surface area contributed by atoms with Crippen molar-refractivity contribution < 1.29 is 8.42 Å². The van der Waals surface area contributed by atoms with Crippen molar-refractivity contribution in [1.29, 1.82) is 5.26 Å². The summed E-state index contributed by atoms with van der Waals surface area (Å²) in [5.74, 6) is 0.549. The van der Waals surface area contributed by atoms with Crippen molar-refractivity contribution >= 4 is 9.84 Å². The molecule has 0 spiro atoms. The van der Waals surface area contributed by atoms with Gasteiger partial charge in [-0.3, -0.25) is 0 Å². The van der Waals surface area contributed by atoms with Crippen molar-refractivity contribution in [2.75, 3.05) is 25.4 Å². The minimum atomic E-state index is -3.36. The molecule has 5 nitrogen and oxygen atoms in total. The van der Waals surface area contributed by atoms with Crippen LogP contribution in [0.2, 0.25) is 0 Å². The van der Waals surface area contributed by atoms with Crippen LogP contribution in [0, 0.1) is 17.2 Å². The van der Waals surface area contributed by atoms with Gasteiger partial charge in [-0.15, -0.1) is 0 Å². The van der Waals surface area contributed by atoms with E-state index in [1.54, 1.807) is 18.2 Å². The van der Waals surface area contributed by atoms with E-state index in [0.717, 1.165) is 19.5 Å². The number of benzene rings is 1. The van der Waals surface area contributed by atoms with E-state index in [-0.39, 0.29) is 16.7 Å². The first-order valence-electron chi connectivity index (χ1n) is 7.13. The van der Waals surface area contributed by atoms with E-state index >= 15 is 0 Å².